The van der Waals surface area contributed by atoms with Crippen LogP contribution in [0.15, 0.2) is 53.3 Å². The Morgan fingerprint density at radius 3 is 2.41 bits per heavy atom. The highest BCUT2D eigenvalue weighted by Gasteiger charge is 2.19. The molecule has 0 radical (unpaired) electrons. The van der Waals surface area contributed by atoms with E-state index in [1.165, 1.54) is 19.2 Å². The van der Waals surface area contributed by atoms with Crippen LogP contribution >= 0.6 is 0 Å². The van der Waals surface area contributed by atoms with Gasteiger partial charge in [0, 0.05) is 5.56 Å². The van der Waals surface area contributed by atoms with E-state index >= 15 is 0 Å². The lowest BCUT2D eigenvalue weighted by molar-refractivity contribution is 0.145. The topological polar surface area (TPSA) is 87.2 Å². The van der Waals surface area contributed by atoms with Gasteiger partial charge in [-0.15, -0.1) is 0 Å². The summed E-state index contributed by atoms with van der Waals surface area (Å²) in [7, 11) is -3.39. The number of nitrogens with zero attached hydrogens (tertiary/aromatic N) is 2. The molecule has 1 aromatic heterocycles. The molecule has 0 atom stereocenters. The van der Waals surface area contributed by atoms with Crippen LogP contribution < -0.4 is 9.88 Å². The molecule has 6 nitrogen and oxygen atoms in total. The van der Waals surface area contributed by atoms with E-state index in [4.69, 9.17) is 15.4 Å². The van der Waals surface area contributed by atoms with Crippen LogP contribution in [0.2, 0.25) is 0 Å². The van der Waals surface area contributed by atoms with Crippen LogP contribution in [-0.4, -0.2) is 25.3 Å². The Balaban J connectivity index is 2.38. The van der Waals surface area contributed by atoms with E-state index in [0.29, 0.717) is 4.68 Å². The molecule has 0 spiro atoms. The largest absolute Gasteiger partial charge is 0.494 e. The van der Waals surface area contributed by atoms with Crippen LogP contribution in [0.1, 0.15) is 17.6 Å². The van der Waals surface area contributed by atoms with Crippen molar-refractivity contribution in [3.63, 3.8) is 0 Å². The number of hydrogen-bond donors (Lipinski definition) is 1. The number of hydrogen-bond acceptors (Lipinski definition) is 4. The number of nitrogens with two attached hydrogens (primary N) is 1. The van der Waals surface area contributed by atoms with Gasteiger partial charge in [0.2, 0.25) is 10.0 Å². The summed E-state index contributed by atoms with van der Waals surface area (Å²) in [5, 5.41) is 8.63. The van der Waals surface area contributed by atoms with Crippen LogP contribution in [0.25, 0.3) is 16.9 Å². The Labute approximate surface area is 158 Å². The molecular weight excluding hydrogens is 383 g/mol. The summed E-state index contributed by atoms with van der Waals surface area (Å²) in [5.41, 5.74) is -1.55. The van der Waals surface area contributed by atoms with Crippen molar-refractivity contribution in [2.24, 2.45) is 5.14 Å². The zero-order chi connectivity index (χ0) is 23.2. The summed E-state index contributed by atoms with van der Waals surface area (Å²) in [6.45, 7) is 0. The van der Waals surface area contributed by atoms with Gasteiger partial charge in [-0.3, -0.25) is 0 Å². The summed E-state index contributed by atoms with van der Waals surface area (Å²) >= 11 is 0. The fraction of sp³-hybridized carbons (Fsp3) is 0.118. The van der Waals surface area contributed by atoms with Crippen LogP contribution in [0.3, 0.4) is 0 Å². The van der Waals surface area contributed by atoms with Gasteiger partial charge in [0.25, 0.3) is 6.43 Å². The summed E-state index contributed by atoms with van der Waals surface area (Å²) < 4.78 is 102. The van der Waals surface area contributed by atoms with Crippen molar-refractivity contribution in [3.8, 4) is 22.7 Å². The quantitative estimate of drug-likeness (QED) is 0.711. The molecule has 0 aliphatic heterocycles. The molecule has 0 bridgehead atoms. The lowest BCUT2D eigenvalue weighted by Gasteiger charge is -2.09. The Kier molecular flexibility index (Phi) is 3.72. The highest BCUT2D eigenvalue weighted by atomic mass is 32.2. The lowest BCUT2D eigenvalue weighted by Crippen LogP contribution is -2.12. The van der Waals surface area contributed by atoms with Crippen molar-refractivity contribution >= 4 is 10.0 Å². The molecule has 0 aliphatic rings. The van der Waals surface area contributed by atoms with Gasteiger partial charge in [0.1, 0.15) is 5.69 Å². The second-order valence-corrected chi connectivity index (χ2v) is 6.74. The molecular formula is C17H14F3N3O3S. The minimum atomic E-state index is -4.62. The van der Waals surface area contributed by atoms with E-state index < -0.39 is 62.7 Å². The fourth-order valence-electron chi connectivity index (χ4n) is 2.25. The monoisotopic (exact) mass is 401 g/mol. The first-order valence-electron chi connectivity index (χ1n) is 9.24. The third-order valence-electron chi connectivity index (χ3n) is 3.48. The van der Waals surface area contributed by atoms with Crippen LogP contribution in [-0.2, 0) is 10.0 Å². The maximum atomic E-state index is 14.2. The number of rotatable bonds is 5. The van der Waals surface area contributed by atoms with Crippen LogP contribution in [0, 0.1) is 5.82 Å². The standard InChI is InChI=1S/C17H14F3N3O3S/c1-26-16-7-2-10(8-13(16)18)15-9-14(17(19)20)22-23(15)11-3-5-12(6-4-11)27(21,24)25/h2-9,17H,1H3,(H2,21,24,25)/i3D,4D,5D,6D. The zero-order valence-electron chi connectivity index (χ0n) is 17.6. The number of aromatic nitrogens is 2. The van der Waals surface area contributed by atoms with E-state index in [0.717, 1.165) is 12.1 Å². The smallest absolute Gasteiger partial charge is 0.282 e. The van der Waals surface area contributed by atoms with Crippen molar-refractivity contribution in [2.45, 2.75) is 11.3 Å². The third kappa shape index (κ3) is 3.81. The zero-order valence-corrected chi connectivity index (χ0v) is 14.4. The molecule has 2 aromatic carbocycles. The maximum Gasteiger partial charge on any atom is 0.282 e. The molecule has 10 heteroatoms. The average molecular weight is 401 g/mol. The molecule has 0 saturated heterocycles. The molecule has 3 rings (SSSR count). The predicted octanol–water partition coefficient (Wildman–Crippen LogP) is 3.27. The van der Waals surface area contributed by atoms with E-state index in [2.05, 4.69) is 5.10 Å². The Morgan fingerprint density at radius 2 is 1.89 bits per heavy atom. The van der Waals surface area contributed by atoms with Gasteiger partial charge >= 0.3 is 0 Å². The average Bonchev–Trinajstić information content (AvgIpc) is 3.11. The lowest BCUT2D eigenvalue weighted by atomic mass is 10.1. The number of sulfonamides is 1. The number of benzene rings is 2. The van der Waals surface area contributed by atoms with Crippen molar-refractivity contribution in [1.29, 1.82) is 0 Å². The Morgan fingerprint density at radius 1 is 1.22 bits per heavy atom. The Hall–Kier alpha value is -2.85. The molecule has 0 fully saturated rings. The molecule has 1 heterocycles. The summed E-state index contributed by atoms with van der Waals surface area (Å²) in [6, 6.07) is 0.623. The molecule has 0 amide bonds. The summed E-state index contributed by atoms with van der Waals surface area (Å²) in [6.07, 6.45) is -3.07. The number of halogens is 3. The van der Waals surface area contributed by atoms with Gasteiger partial charge in [0.05, 0.1) is 28.9 Å². The van der Waals surface area contributed by atoms with Gasteiger partial charge in [0.15, 0.2) is 11.6 Å². The normalized spacial score (nSPS) is 13.9. The first kappa shape index (κ1) is 14.2. The minimum Gasteiger partial charge on any atom is -0.494 e. The first-order valence-corrected chi connectivity index (χ1v) is 8.78. The van der Waals surface area contributed by atoms with Gasteiger partial charge in [-0.05, 0) is 48.4 Å². The third-order valence-corrected chi connectivity index (χ3v) is 4.26. The number of ether oxygens (including phenoxy) is 1. The molecule has 2 N–H and O–H groups in total. The van der Waals surface area contributed by atoms with Gasteiger partial charge < -0.3 is 4.74 Å². The van der Waals surface area contributed by atoms with Crippen LogP contribution in [0.4, 0.5) is 13.2 Å². The van der Waals surface area contributed by atoms with Crippen molar-refractivity contribution in [1.82, 2.24) is 9.78 Å². The predicted molar refractivity (Wildman–Crippen MR) is 91.8 cm³/mol. The van der Waals surface area contributed by atoms with Gasteiger partial charge in [-0.25, -0.2) is 31.4 Å². The fourth-order valence-corrected chi connectivity index (χ4v) is 2.64. The highest BCUT2D eigenvalue weighted by Crippen LogP contribution is 2.31. The summed E-state index contributed by atoms with van der Waals surface area (Å²) in [4.78, 5) is -1.05. The minimum absolute atomic E-state index is 0.0186. The molecule has 142 valence electrons. The van der Waals surface area contributed by atoms with E-state index in [9.17, 15) is 21.6 Å². The number of primary sulfonamides is 1. The van der Waals surface area contributed by atoms with Crippen molar-refractivity contribution < 1.29 is 31.8 Å². The van der Waals surface area contributed by atoms with Crippen molar-refractivity contribution in [3.05, 3.63) is 59.9 Å². The van der Waals surface area contributed by atoms with E-state index in [1.807, 2.05) is 0 Å². The second-order valence-electron chi connectivity index (χ2n) is 5.24. The summed E-state index contributed by atoms with van der Waals surface area (Å²) in [5.74, 6) is -0.943. The van der Waals surface area contributed by atoms with Gasteiger partial charge in [-0.1, -0.05) is 0 Å². The van der Waals surface area contributed by atoms with E-state index in [-0.39, 0.29) is 17.0 Å². The number of methoxy groups -OCH3 is 1. The maximum absolute atomic E-state index is 14.2. The SMILES string of the molecule is [2H]c1c([2H])c(S(N)(=O)=O)c([2H])c([2H])c1-n1nc(C(F)F)cc1-c1ccc(OC)c(F)c1. The molecule has 0 aliphatic carbocycles. The van der Waals surface area contributed by atoms with Crippen molar-refractivity contribution in [2.75, 3.05) is 7.11 Å². The highest BCUT2D eigenvalue weighted by molar-refractivity contribution is 7.89. The molecule has 0 saturated carbocycles. The van der Waals surface area contributed by atoms with Crippen LogP contribution in [0.5, 0.6) is 5.75 Å². The Bertz CT molecular complexity index is 1270. The molecule has 3 aromatic rings. The first-order chi connectivity index (χ1) is 14.4. The molecule has 27 heavy (non-hydrogen) atoms. The van der Waals surface area contributed by atoms with E-state index in [1.54, 1.807) is 0 Å². The molecule has 0 unspecified atom stereocenters. The number of alkyl halides is 2. The second kappa shape index (κ2) is 7.05. The van der Waals surface area contributed by atoms with Gasteiger partial charge in [-0.2, -0.15) is 5.10 Å².